The maximum atomic E-state index is 12.1. The summed E-state index contributed by atoms with van der Waals surface area (Å²) in [4.78, 5) is 24.1. The summed E-state index contributed by atoms with van der Waals surface area (Å²) in [6, 6.07) is 0. The van der Waals surface area contributed by atoms with Gasteiger partial charge in [-0.25, -0.2) is 9.59 Å². The molecule has 5 nitrogen and oxygen atoms in total. The van der Waals surface area contributed by atoms with Crippen molar-refractivity contribution in [3.63, 3.8) is 0 Å². The second-order valence-corrected chi connectivity index (χ2v) is 4.70. The van der Waals surface area contributed by atoms with Gasteiger partial charge >= 0.3 is 17.5 Å². The minimum absolute atomic E-state index is 0.244. The van der Waals surface area contributed by atoms with Crippen LogP contribution in [0.15, 0.2) is 11.3 Å². The molecule has 2 aliphatic rings. The fraction of sp³-hybridized carbons (Fsp3) is 0.692. The maximum absolute atomic E-state index is 12.1. The first-order valence-corrected chi connectivity index (χ1v) is 6.13. The monoisotopic (exact) mass is 254 g/mol. The lowest BCUT2D eigenvalue weighted by Gasteiger charge is -2.32. The lowest BCUT2D eigenvalue weighted by Crippen LogP contribution is -2.54. The number of hydrogen-bond acceptors (Lipinski definition) is 5. The summed E-state index contributed by atoms with van der Waals surface area (Å²) in [6.45, 7) is 1.79. The highest BCUT2D eigenvalue weighted by Crippen LogP contribution is 2.48. The summed E-state index contributed by atoms with van der Waals surface area (Å²) in [6.07, 6.45) is 3.65. The third-order valence-corrected chi connectivity index (χ3v) is 3.84. The number of methoxy groups -OCH3 is 2. The number of ether oxygens (including phenoxy) is 3. The molecular weight excluding hydrogens is 236 g/mol. The Morgan fingerprint density at radius 3 is 2.39 bits per heavy atom. The quantitative estimate of drug-likeness (QED) is 0.553. The van der Waals surface area contributed by atoms with Gasteiger partial charge in [0, 0.05) is 5.92 Å². The van der Waals surface area contributed by atoms with E-state index in [1.165, 1.54) is 14.2 Å². The molecule has 0 radical (unpaired) electrons. The lowest BCUT2D eigenvalue weighted by molar-refractivity contribution is -0.185. The molecule has 0 aromatic rings. The first kappa shape index (κ1) is 12.9. The smallest absolute Gasteiger partial charge is 0.362 e. The standard InChI is InChI=1S/C13H18O5/c1-8-9-6-4-5-7-10(9)13(18-8,11(14)16-2)12(15)17-3/h10H,4-7H2,1-3H3. The molecule has 1 heterocycles. The Hall–Kier alpha value is -1.52. The molecule has 2 rings (SSSR count). The van der Waals surface area contributed by atoms with E-state index in [4.69, 9.17) is 14.2 Å². The molecule has 0 aromatic heterocycles. The number of carbonyl (C=O) groups excluding carboxylic acids is 2. The van der Waals surface area contributed by atoms with Gasteiger partial charge in [-0.3, -0.25) is 0 Å². The van der Waals surface area contributed by atoms with Crippen LogP contribution in [0.1, 0.15) is 32.6 Å². The summed E-state index contributed by atoms with van der Waals surface area (Å²) < 4.78 is 15.2. The van der Waals surface area contributed by atoms with Gasteiger partial charge in [-0.15, -0.1) is 0 Å². The molecule has 1 aliphatic heterocycles. The van der Waals surface area contributed by atoms with Crippen molar-refractivity contribution >= 4 is 11.9 Å². The van der Waals surface area contributed by atoms with Crippen LogP contribution in [0.3, 0.4) is 0 Å². The number of fused-ring (bicyclic) bond motifs is 1. The van der Waals surface area contributed by atoms with Crippen molar-refractivity contribution in [2.75, 3.05) is 14.2 Å². The van der Waals surface area contributed by atoms with Crippen molar-refractivity contribution in [2.45, 2.75) is 38.2 Å². The zero-order valence-corrected chi connectivity index (χ0v) is 10.9. The third kappa shape index (κ3) is 1.61. The number of allylic oxidation sites excluding steroid dienone is 1. The molecule has 0 amide bonds. The topological polar surface area (TPSA) is 61.8 Å². The summed E-state index contributed by atoms with van der Waals surface area (Å²) in [7, 11) is 2.51. The van der Waals surface area contributed by atoms with E-state index in [0.29, 0.717) is 5.76 Å². The zero-order chi connectivity index (χ0) is 13.3. The second kappa shape index (κ2) is 4.63. The highest BCUT2D eigenvalue weighted by molar-refractivity contribution is 6.05. The summed E-state index contributed by atoms with van der Waals surface area (Å²) in [5.74, 6) is -0.923. The van der Waals surface area contributed by atoms with Crippen molar-refractivity contribution < 1.29 is 23.8 Å². The number of esters is 2. The van der Waals surface area contributed by atoms with Gasteiger partial charge in [-0.05, 0) is 31.8 Å². The molecule has 0 aromatic carbocycles. The molecule has 0 bridgehead atoms. The Bertz CT molecular complexity index is 394. The predicted molar refractivity (Wildman–Crippen MR) is 62.5 cm³/mol. The number of carbonyl (C=O) groups is 2. The van der Waals surface area contributed by atoms with E-state index in [-0.39, 0.29) is 5.92 Å². The van der Waals surface area contributed by atoms with Gasteiger partial charge in [0.15, 0.2) is 0 Å². The van der Waals surface area contributed by atoms with E-state index >= 15 is 0 Å². The highest BCUT2D eigenvalue weighted by atomic mass is 16.6. The van der Waals surface area contributed by atoms with Crippen molar-refractivity contribution in [2.24, 2.45) is 5.92 Å². The van der Waals surface area contributed by atoms with Crippen LogP contribution in [0.25, 0.3) is 0 Å². The van der Waals surface area contributed by atoms with Crippen LogP contribution in [-0.4, -0.2) is 31.8 Å². The Balaban J connectivity index is 2.44. The molecule has 1 aliphatic carbocycles. The van der Waals surface area contributed by atoms with Crippen LogP contribution in [-0.2, 0) is 23.8 Å². The summed E-state index contributed by atoms with van der Waals surface area (Å²) >= 11 is 0. The average molecular weight is 254 g/mol. The van der Waals surface area contributed by atoms with E-state index in [2.05, 4.69) is 0 Å². The first-order chi connectivity index (χ1) is 8.57. The minimum Gasteiger partial charge on any atom is -0.468 e. The van der Waals surface area contributed by atoms with Crippen LogP contribution < -0.4 is 0 Å². The van der Waals surface area contributed by atoms with Crippen LogP contribution in [0.5, 0.6) is 0 Å². The van der Waals surface area contributed by atoms with Crippen LogP contribution in [0.2, 0.25) is 0 Å². The van der Waals surface area contributed by atoms with Gasteiger partial charge < -0.3 is 14.2 Å². The molecule has 1 unspecified atom stereocenters. The van der Waals surface area contributed by atoms with Crippen molar-refractivity contribution in [1.29, 1.82) is 0 Å². The molecule has 1 saturated carbocycles. The number of rotatable bonds is 2. The fourth-order valence-corrected chi connectivity index (χ4v) is 3.01. The van der Waals surface area contributed by atoms with Gasteiger partial charge in [0.25, 0.3) is 0 Å². The molecule has 0 spiro atoms. The summed E-state index contributed by atoms with van der Waals surface area (Å²) in [5.41, 5.74) is -0.569. The maximum Gasteiger partial charge on any atom is 0.362 e. The normalized spacial score (nSPS) is 25.2. The zero-order valence-electron chi connectivity index (χ0n) is 10.9. The van der Waals surface area contributed by atoms with E-state index in [9.17, 15) is 9.59 Å². The van der Waals surface area contributed by atoms with Gasteiger partial charge in [0.05, 0.1) is 20.0 Å². The lowest BCUT2D eigenvalue weighted by atomic mass is 9.75. The van der Waals surface area contributed by atoms with Crippen LogP contribution in [0, 0.1) is 5.92 Å². The molecule has 0 N–H and O–H groups in total. The highest BCUT2D eigenvalue weighted by Gasteiger charge is 2.62. The Labute approximate surface area is 106 Å². The Morgan fingerprint density at radius 2 is 1.83 bits per heavy atom. The molecule has 0 saturated heterocycles. The Morgan fingerprint density at radius 1 is 1.22 bits per heavy atom. The van der Waals surface area contributed by atoms with Gasteiger partial charge in [-0.2, -0.15) is 0 Å². The van der Waals surface area contributed by atoms with E-state index < -0.39 is 17.5 Å². The van der Waals surface area contributed by atoms with Gasteiger partial charge in [-0.1, -0.05) is 6.42 Å². The molecule has 5 heteroatoms. The second-order valence-electron chi connectivity index (χ2n) is 4.70. The molecule has 100 valence electrons. The van der Waals surface area contributed by atoms with E-state index in [1.54, 1.807) is 6.92 Å². The van der Waals surface area contributed by atoms with Crippen LogP contribution in [0.4, 0.5) is 0 Å². The molecule has 1 atom stereocenters. The number of hydrogen-bond donors (Lipinski definition) is 0. The van der Waals surface area contributed by atoms with E-state index in [0.717, 1.165) is 31.3 Å². The van der Waals surface area contributed by atoms with Gasteiger partial charge in [0.2, 0.25) is 0 Å². The largest absolute Gasteiger partial charge is 0.468 e. The fourth-order valence-electron chi connectivity index (χ4n) is 3.01. The average Bonchev–Trinajstić information content (AvgIpc) is 2.72. The van der Waals surface area contributed by atoms with Gasteiger partial charge in [0.1, 0.15) is 0 Å². The summed E-state index contributed by atoms with van der Waals surface area (Å²) in [5, 5.41) is 0. The third-order valence-electron chi connectivity index (χ3n) is 3.84. The Kier molecular flexibility index (Phi) is 3.32. The first-order valence-electron chi connectivity index (χ1n) is 6.13. The molecule has 1 fully saturated rings. The van der Waals surface area contributed by atoms with Crippen molar-refractivity contribution in [3.05, 3.63) is 11.3 Å². The van der Waals surface area contributed by atoms with E-state index in [1.807, 2.05) is 0 Å². The molecule has 18 heavy (non-hydrogen) atoms. The SMILES string of the molecule is COC(=O)C1(C(=O)OC)OC(C)=C2CCCCC21. The predicted octanol–water partition coefficient (Wildman–Crippen LogP) is 1.57. The van der Waals surface area contributed by atoms with Crippen molar-refractivity contribution in [1.82, 2.24) is 0 Å². The van der Waals surface area contributed by atoms with Crippen LogP contribution >= 0.6 is 0 Å². The van der Waals surface area contributed by atoms with Crippen molar-refractivity contribution in [3.8, 4) is 0 Å². The molecular formula is C13H18O5. The minimum atomic E-state index is -1.62.